The first-order valence-corrected chi connectivity index (χ1v) is 8.35. The number of benzene rings is 1. The SMILES string of the molecule is C=CCN(CCO)C(=O)c1sc(-c2ccc(C)cc2C)nc1C. The number of aliphatic hydroxyl groups excluding tert-OH is 1. The van der Waals surface area contributed by atoms with E-state index >= 15 is 0 Å². The minimum Gasteiger partial charge on any atom is -0.395 e. The van der Waals surface area contributed by atoms with Crippen molar-refractivity contribution in [3.05, 3.63) is 52.6 Å². The number of aryl methyl sites for hydroxylation is 3. The molecule has 4 nitrogen and oxygen atoms in total. The van der Waals surface area contributed by atoms with E-state index in [4.69, 9.17) is 5.11 Å². The molecule has 0 aliphatic carbocycles. The zero-order valence-electron chi connectivity index (χ0n) is 13.8. The number of hydrogen-bond donors (Lipinski definition) is 1. The van der Waals surface area contributed by atoms with Crippen molar-refractivity contribution in [2.24, 2.45) is 0 Å². The monoisotopic (exact) mass is 330 g/mol. The quantitative estimate of drug-likeness (QED) is 0.826. The summed E-state index contributed by atoms with van der Waals surface area (Å²) < 4.78 is 0. The van der Waals surface area contributed by atoms with E-state index in [2.05, 4.69) is 37.5 Å². The summed E-state index contributed by atoms with van der Waals surface area (Å²) in [5.41, 5.74) is 4.13. The second-order valence-corrected chi connectivity index (χ2v) is 6.51. The average Bonchev–Trinajstić information content (AvgIpc) is 2.88. The minimum absolute atomic E-state index is 0.0681. The van der Waals surface area contributed by atoms with E-state index in [1.54, 1.807) is 11.0 Å². The molecule has 1 heterocycles. The van der Waals surface area contributed by atoms with Gasteiger partial charge in [0.2, 0.25) is 0 Å². The van der Waals surface area contributed by atoms with Crippen LogP contribution in [0, 0.1) is 20.8 Å². The third kappa shape index (κ3) is 3.86. The summed E-state index contributed by atoms with van der Waals surface area (Å²) in [6.45, 7) is 10.3. The molecule has 0 aliphatic rings. The first kappa shape index (κ1) is 17.4. The minimum atomic E-state index is -0.107. The normalized spacial score (nSPS) is 10.6. The highest BCUT2D eigenvalue weighted by Gasteiger charge is 2.21. The van der Waals surface area contributed by atoms with E-state index < -0.39 is 0 Å². The fraction of sp³-hybridized carbons (Fsp3) is 0.333. The molecule has 0 unspecified atom stereocenters. The fourth-order valence-electron chi connectivity index (χ4n) is 2.46. The van der Waals surface area contributed by atoms with Crippen LogP contribution in [0.5, 0.6) is 0 Å². The summed E-state index contributed by atoms with van der Waals surface area (Å²) in [5.74, 6) is -0.107. The fourth-order valence-corrected chi connectivity index (χ4v) is 3.58. The molecule has 0 saturated carbocycles. The van der Waals surface area contributed by atoms with Crippen molar-refractivity contribution >= 4 is 17.2 Å². The molecular formula is C18H22N2O2S. The van der Waals surface area contributed by atoms with Crippen LogP contribution in [-0.2, 0) is 0 Å². The van der Waals surface area contributed by atoms with Crippen molar-refractivity contribution in [1.82, 2.24) is 9.88 Å². The van der Waals surface area contributed by atoms with Gasteiger partial charge in [-0.2, -0.15) is 0 Å². The van der Waals surface area contributed by atoms with Gasteiger partial charge in [-0.05, 0) is 26.3 Å². The van der Waals surface area contributed by atoms with E-state index in [9.17, 15) is 4.79 Å². The molecular weight excluding hydrogens is 308 g/mol. The second kappa shape index (κ2) is 7.53. The number of carbonyl (C=O) groups is 1. The number of aromatic nitrogens is 1. The van der Waals surface area contributed by atoms with Gasteiger partial charge in [-0.15, -0.1) is 17.9 Å². The topological polar surface area (TPSA) is 53.4 Å². The lowest BCUT2D eigenvalue weighted by Gasteiger charge is -2.19. The van der Waals surface area contributed by atoms with Crippen LogP contribution in [0.3, 0.4) is 0 Å². The Hall–Kier alpha value is -1.98. The van der Waals surface area contributed by atoms with Gasteiger partial charge in [0.25, 0.3) is 5.91 Å². The molecule has 2 rings (SSSR count). The maximum absolute atomic E-state index is 12.7. The van der Waals surface area contributed by atoms with Gasteiger partial charge < -0.3 is 10.0 Å². The molecule has 5 heteroatoms. The smallest absolute Gasteiger partial charge is 0.266 e. The van der Waals surface area contributed by atoms with Crippen LogP contribution in [0.25, 0.3) is 10.6 Å². The molecule has 1 amide bonds. The van der Waals surface area contributed by atoms with Gasteiger partial charge in [-0.3, -0.25) is 4.79 Å². The summed E-state index contributed by atoms with van der Waals surface area (Å²) in [7, 11) is 0. The Morgan fingerprint density at radius 3 is 2.74 bits per heavy atom. The van der Waals surface area contributed by atoms with E-state index in [0.29, 0.717) is 18.0 Å². The van der Waals surface area contributed by atoms with E-state index in [0.717, 1.165) is 21.8 Å². The predicted octanol–water partition coefficient (Wildman–Crippen LogP) is 3.36. The standard InChI is InChI=1S/C18H22N2O2S/c1-5-8-20(9-10-21)18(22)16-14(4)19-17(23-16)15-7-6-12(2)11-13(15)3/h5-7,11,21H,1,8-10H2,2-4H3. The molecule has 0 aliphatic heterocycles. The van der Waals surface area contributed by atoms with Crippen molar-refractivity contribution in [3.8, 4) is 10.6 Å². The van der Waals surface area contributed by atoms with Crippen LogP contribution in [0.4, 0.5) is 0 Å². The van der Waals surface area contributed by atoms with Crippen molar-refractivity contribution < 1.29 is 9.90 Å². The number of amides is 1. The average molecular weight is 330 g/mol. The number of nitrogens with zero attached hydrogens (tertiary/aromatic N) is 2. The Morgan fingerprint density at radius 1 is 1.39 bits per heavy atom. The maximum atomic E-state index is 12.7. The molecule has 0 radical (unpaired) electrons. The van der Waals surface area contributed by atoms with Gasteiger partial charge >= 0.3 is 0 Å². The molecule has 0 fully saturated rings. The predicted molar refractivity (Wildman–Crippen MR) is 94.9 cm³/mol. The number of thiazole rings is 1. The Morgan fingerprint density at radius 2 is 2.13 bits per heavy atom. The van der Waals surface area contributed by atoms with Crippen molar-refractivity contribution in [2.75, 3.05) is 19.7 Å². The number of rotatable bonds is 6. The van der Waals surface area contributed by atoms with Crippen LogP contribution in [0.2, 0.25) is 0 Å². The Bertz CT molecular complexity index is 722. The van der Waals surface area contributed by atoms with E-state index in [-0.39, 0.29) is 12.5 Å². The molecule has 122 valence electrons. The lowest BCUT2D eigenvalue weighted by Crippen LogP contribution is -2.33. The summed E-state index contributed by atoms with van der Waals surface area (Å²) in [5, 5.41) is 9.99. The van der Waals surface area contributed by atoms with Crippen LogP contribution >= 0.6 is 11.3 Å². The molecule has 1 aromatic carbocycles. The van der Waals surface area contributed by atoms with Gasteiger partial charge in [0, 0.05) is 18.7 Å². The third-order valence-corrected chi connectivity index (χ3v) is 4.79. The summed E-state index contributed by atoms with van der Waals surface area (Å²) in [6, 6.07) is 6.21. The lowest BCUT2D eigenvalue weighted by atomic mass is 10.1. The summed E-state index contributed by atoms with van der Waals surface area (Å²) in [4.78, 5) is 19.4. The molecule has 1 N–H and O–H groups in total. The van der Waals surface area contributed by atoms with Gasteiger partial charge in [-0.1, -0.05) is 29.8 Å². The molecule has 23 heavy (non-hydrogen) atoms. The third-order valence-electron chi connectivity index (χ3n) is 3.61. The number of carbonyl (C=O) groups excluding carboxylic acids is 1. The van der Waals surface area contributed by atoms with Crippen LogP contribution in [-0.4, -0.2) is 40.6 Å². The van der Waals surface area contributed by atoms with E-state index in [1.807, 2.05) is 13.0 Å². The largest absolute Gasteiger partial charge is 0.395 e. The Balaban J connectivity index is 2.37. The lowest BCUT2D eigenvalue weighted by molar-refractivity contribution is 0.0746. The summed E-state index contributed by atoms with van der Waals surface area (Å²) >= 11 is 1.40. The molecule has 1 aromatic heterocycles. The van der Waals surface area contributed by atoms with Gasteiger partial charge in [-0.25, -0.2) is 4.98 Å². The van der Waals surface area contributed by atoms with Crippen LogP contribution in [0.1, 0.15) is 26.5 Å². The molecule has 0 spiro atoms. The molecule has 0 bridgehead atoms. The van der Waals surface area contributed by atoms with Gasteiger partial charge in [0.05, 0.1) is 12.3 Å². The van der Waals surface area contributed by atoms with Crippen molar-refractivity contribution in [1.29, 1.82) is 0 Å². The first-order chi connectivity index (χ1) is 11.0. The zero-order valence-corrected chi connectivity index (χ0v) is 14.6. The highest BCUT2D eigenvalue weighted by Crippen LogP contribution is 2.31. The highest BCUT2D eigenvalue weighted by atomic mass is 32.1. The Labute approximate surface area is 141 Å². The summed E-state index contributed by atoms with van der Waals surface area (Å²) in [6.07, 6.45) is 1.66. The zero-order chi connectivity index (χ0) is 17.0. The van der Waals surface area contributed by atoms with Crippen LogP contribution < -0.4 is 0 Å². The first-order valence-electron chi connectivity index (χ1n) is 7.54. The molecule has 0 atom stereocenters. The molecule has 2 aromatic rings. The molecule has 0 saturated heterocycles. The number of aliphatic hydroxyl groups is 1. The highest BCUT2D eigenvalue weighted by molar-refractivity contribution is 7.17. The van der Waals surface area contributed by atoms with Gasteiger partial charge in [0.1, 0.15) is 9.88 Å². The van der Waals surface area contributed by atoms with Crippen LogP contribution in [0.15, 0.2) is 30.9 Å². The second-order valence-electron chi connectivity index (χ2n) is 5.52. The van der Waals surface area contributed by atoms with Crippen molar-refractivity contribution in [2.45, 2.75) is 20.8 Å². The van der Waals surface area contributed by atoms with E-state index in [1.165, 1.54) is 16.9 Å². The van der Waals surface area contributed by atoms with Crippen molar-refractivity contribution in [3.63, 3.8) is 0 Å². The maximum Gasteiger partial charge on any atom is 0.266 e. The van der Waals surface area contributed by atoms with Gasteiger partial charge in [0.15, 0.2) is 0 Å². The Kier molecular flexibility index (Phi) is 5.69. The number of hydrogen-bond acceptors (Lipinski definition) is 4.